The summed E-state index contributed by atoms with van der Waals surface area (Å²) in [7, 11) is 1.84. The highest BCUT2D eigenvalue weighted by Crippen LogP contribution is 2.22. The minimum Gasteiger partial charge on any atom is -0.350 e. The molecule has 0 aliphatic heterocycles. The van der Waals surface area contributed by atoms with E-state index < -0.39 is 0 Å². The summed E-state index contributed by atoms with van der Waals surface area (Å²) >= 11 is 1.68. The molecule has 0 aliphatic carbocycles. The Morgan fingerprint density at radius 2 is 2.04 bits per heavy atom. The molecule has 3 heterocycles. The highest BCUT2D eigenvalue weighted by Gasteiger charge is 2.22. The first kappa shape index (κ1) is 18.4. The molecule has 26 heavy (non-hydrogen) atoms. The van der Waals surface area contributed by atoms with Gasteiger partial charge in [0.25, 0.3) is 5.91 Å². The van der Waals surface area contributed by atoms with Crippen molar-refractivity contribution in [3.05, 3.63) is 58.7 Å². The standard InChI is InChI=1S/C19H25N5OS/c1-4-23(5-2)17(15-8-11-26-14-15)13-20-18(25)16-12-21-22(3)19(16)24-9-6-7-10-24/h6-12,14,17H,4-5,13H2,1-3H3,(H,20,25)/t17-/m1/s1. The van der Waals surface area contributed by atoms with E-state index in [9.17, 15) is 4.79 Å². The van der Waals surface area contributed by atoms with Gasteiger partial charge in [-0.15, -0.1) is 0 Å². The van der Waals surface area contributed by atoms with Crippen LogP contribution in [0.1, 0.15) is 35.8 Å². The fourth-order valence-corrected chi connectivity index (χ4v) is 3.95. The van der Waals surface area contributed by atoms with Crippen LogP contribution >= 0.6 is 11.3 Å². The van der Waals surface area contributed by atoms with Crippen molar-refractivity contribution >= 4 is 17.2 Å². The number of hydrogen-bond donors (Lipinski definition) is 1. The second kappa shape index (κ2) is 8.33. The Morgan fingerprint density at radius 3 is 2.65 bits per heavy atom. The third kappa shape index (κ3) is 3.73. The van der Waals surface area contributed by atoms with Crippen LogP contribution in [-0.2, 0) is 7.05 Å². The van der Waals surface area contributed by atoms with Gasteiger partial charge in [-0.2, -0.15) is 16.4 Å². The highest BCUT2D eigenvalue weighted by atomic mass is 32.1. The van der Waals surface area contributed by atoms with Crippen LogP contribution in [0.2, 0.25) is 0 Å². The lowest BCUT2D eigenvalue weighted by Crippen LogP contribution is -2.38. The maximum absolute atomic E-state index is 12.9. The van der Waals surface area contributed by atoms with E-state index >= 15 is 0 Å². The molecule has 0 bridgehead atoms. The number of amides is 1. The van der Waals surface area contributed by atoms with E-state index in [2.05, 4.69) is 46.0 Å². The first-order valence-electron chi connectivity index (χ1n) is 8.85. The Bertz CT molecular complexity index is 818. The summed E-state index contributed by atoms with van der Waals surface area (Å²) in [6.45, 7) is 6.74. The Kier molecular flexibility index (Phi) is 5.90. The molecule has 0 fully saturated rings. The molecule has 0 saturated carbocycles. The molecule has 1 atom stereocenters. The van der Waals surface area contributed by atoms with Crippen molar-refractivity contribution in [2.45, 2.75) is 19.9 Å². The minimum absolute atomic E-state index is 0.103. The third-order valence-electron chi connectivity index (χ3n) is 4.64. The molecule has 3 rings (SSSR count). The number of aryl methyl sites for hydroxylation is 1. The SMILES string of the molecule is CCN(CC)[C@H](CNC(=O)c1cnn(C)c1-n1cccc1)c1ccsc1. The molecule has 3 aromatic rings. The lowest BCUT2D eigenvalue weighted by molar-refractivity contribution is 0.0935. The first-order chi connectivity index (χ1) is 12.7. The zero-order chi connectivity index (χ0) is 18.5. The molecular weight excluding hydrogens is 346 g/mol. The van der Waals surface area contributed by atoms with E-state index in [0.717, 1.165) is 18.9 Å². The van der Waals surface area contributed by atoms with Gasteiger partial charge < -0.3 is 9.88 Å². The van der Waals surface area contributed by atoms with E-state index in [1.807, 2.05) is 36.1 Å². The van der Waals surface area contributed by atoms with Crippen molar-refractivity contribution in [1.82, 2.24) is 24.6 Å². The molecule has 0 aliphatic rings. The largest absolute Gasteiger partial charge is 0.350 e. The second-order valence-electron chi connectivity index (χ2n) is 6.10. The molecule has 0 radical (unpaired) electrons. The van der Waals surface area contributed by atoms with E-state index in [-0.39, 0.29) is 11.9 Å². The van der Waals surface area contributed by atoms with Gasteiger partial charge in [0.2, 0.25) is 0 Å². The van der Waals surface area contributed by atoms with Crippen LogP contribution in [0.3, 0.4) is 0 Å². The second-order valence-corrected chi connectivity index (χ2v) is 6.88. The zero-order valence-corrected chi connectivity index (χ0v) is 16.2. The van der Waals surface area contributed by atoms with Crippen LogP contribution in [0, 0.1) is 0 Å². The van der Waals surface area contributed by atoms with E-state index in [1.54, 1.807) is 22.2 Å². The normalized spacial score (nSPS) is 12.5. The van der Waals surface area contributed by atoms with Gasteiger partial charge >= 0.3 is 0 Å². The van der Waals surface area contributed by atoms with Crippen LogP contribution in [0.4, 0.5) is 0 Å². The first-order valence-corrected chi connectivity index (χ1v) is 9.79. The number of thiophene rings is 1. The molecule has 6 nitrogen and oxygen atoms in total. The smallest absolute Gasteiger partial charge is 0.256 e. The van der Waals surface area contributed by atoms with Crippen molar-refractivity contribution in [3.8, 4) is 5.82 Å². The predicted octanol–water partition coefficient (Wildman–Crippen LogP) is 3.09. The number of carbonyl (C=O) groups excluding carboxylic acids is 1. The van der Waals surface area contributed by atoms with Gasteiger partial charge in [-0.1, -0.05) is 13.8 Å². The van der Waals surface area contributed by atoms with Gasteiger partial charge in [0.1, 0.15) is 11.4 Å². The van der Waals surface area contributed by atoms with Crippen molar-refractivity contribution in [3.63, 3.8) is 0 Å². The molecule has 138 valence electrons. The fraction of sp³-hybridized carbons (Fsp3) is 0.368. The number of hydrogen-bond acceptors (Lipinski definition) is 4. The van der Waals surface area contributed by atoms with Gasteiger partial charge in [-0.3, -0.25) is 14.4 Å². The van der Waals surface area contributed by atoms with Crippen molar-refractivity contribution < 1.29 is 4.79 Å². The lowest BCUT2D eigenvalue weighted by atomic mass is 10.1. The van der Waals surface area contributed by atoms with Gasteiger partial charge in [0.15, 0.2) is 0 Å². The molecule has 0 aromatic carbocycles. The van der Waals surface area contributed by atoms with Crippen LogP contribution in [0.15, 0.2) is 47.5 Å². The number of nitrogens with one attached hydrogen (secondary N) is 1. The molecule has 0 unspecified atom stereocenters. The fourth-order valence-electron chi connectivity index (χ4n) is 3.24. The van der Waals surface area contributed by atoms with Gasteiger partial charge in [-0.25, -0.2) is 0 Å². The van der Waals surface area contributed by atoms with Crippen LogP contribution < -0.4 is 5.32 Å². The molecule has 7 heteroatoms. The summed E-state index contributed by atoms with van der Waals surface area (Å²) in [6, 6.07) is 6.17. The Morgan fingerprint density at radius 1 is 1.31 bits per heavy atom. The van der Waals surface area contributed by atoms with Crippen LogP contribution in [-0.4, -0.2) is 44.8 Å². The summed E-state index contributed by atoms with van der Waals surface area (Å²) in [6.07, 6.45) is 5.46. The maximum Gasteiger partial charge on any atom is 0.256 e. The number of nitrogens with zero attached hydrogens (tertiary/aromatic N) is 4. The number of carbonyl (C=O) groups is 1. The lowest BCUT2D eigenvalue weighted by Gasteiger charge is -2.29. The Hall–Kier alpha value is -2.38. The van der Waals surface area contributed by atoms with Crippen LogP contribution in [0.25, 0.3) is 5.82 Å². The molecular formula is C19H25N5OS. The van der Waals surface area contributed by atoms with Crippen molar-refractivity contribution in [2.24, 2.45) is 7.05 Å². The molecule has 1 amide bonds. The highest BCUT2D eigenvalue weighted by molar-refractivity contribution is 7.07. The number of likely N-dealkylation sites (N-methyl/N-ethyl adjacent to an activating group) is 1. The van der Waals surface area contributed by atoms with E-state index in [4.69, 9.17) is 0 Å². The zero-order valence-electron chi connectivity index (χ0n) is 15.4. The summed E-state index contributed by atoms with van der Waals surface area (Å²) in [5, 5.41) is 11.6. The number of aromatic nitrogens is 3. The summed E-state index contributed by atoms with van der Waals surface area (Å²) in [4.78, 5) is 15.2. The monoisotopic (exact) mass is 371 g/mol. The topological polar surface area (TPSA) is 55.1 Å². The maximum atomic E-state index is 12.9. The predicted molar refractivity (Wildman–Crippen MR) is 105 cm³/mol. The van der Waals surface area contributed by atoms with Crippen LogP contribution in [0.5, 0.6) is 0 Å². The van der Waals surface area contributed by atoms with Crippen molar-refractivity contribution in [2.75, 3.05) is 19.6 Å². The summed E-state index contributed by atoms with van der Waals surface area (Å²) < 4.78 is 3.62. The van der Waals surface area contributed by atoms with Crippen molar-refractivity contribution in [1.29, 1.82) is 0 Å². The number of rotatable bonds is 8. The Labute approximate surface area is 158 Å². The summed E-state index contributed by atoms with van der Waals surface area (Å²) in [5.74, 6) is 0.664. The average molecular weight is 372 g/mol. The van der Waals surface area contributed by atoms with E-state index in [1.165, 1.54) is 5.56 Å². The minimum atomic E-state index is -0.103. The quantitative estimate of drug-likeness (QED) is 0.662. The average Bonchev–Trinajstić information content (AvgIpc) is 3.39. The molecule has 1 N–H and O–H groups in total. The molecule has 0 saturated heterocycles. The van der Waals surface area contributed by atoms with E-state index in [0.29, 0.717) is 12.1 Å². The molecule has 0 spiro atoms. The summed E-state index contributed by atoms with van der Waals surface area (Å²) in [5.41, 5.74) is 1.82. The third-order valence-corrected chi connectivity index (χ3v) is 5.34. The van der Waals surface area contributed by atoms with Gasteiger partial charge in [0.05, 0.1) is 12.2 Å². The Balaban J connectivity index is 1.78. The molecule has 3 aromatic heterocycles. The van der Waals surface area contributed by atoms with Gasteiger partial charge in [0, 0.05) is 26.0 Å². The van der Waals surface area contributed by atoms with Gasteiger partial charge in [-0.05, 0) is 47.6 Å².